The van der Waals surface area contributed by atoms with E-state index in [9.17, 15) is 5.11 Å². The molecule has 2 heterocycles. The molecule has 4 rings (SSSR count). The molecule has 1 aliphatic rings. The minimum absolute atomic E-state index is 0.222. The van der Waals surface area contributed by atoms with Gasteiger partial charge in [-0.05, 0) is 62.1 Å². The molecule has 1 N–H and O–H groups in total. The summed E-state index contributed by atoms with van der Waals surface area (Å²) in [6.07, 6.45) is 8.61. The van der Waals surface area contributed by atoms with Crippen LogP contribution in [0.3, 0.4) is 0 Å². The number of aromatic nitrogens is 2. The van der Waals surface area contributed by atoms with E-state index in [-0.39, 0.29) is 6.61 Å². The molecule has 0 aliphatic carbocycles. The molecule has 1 saturated heterocycles. The summed E-state index contributed by atoms with van der Waals surface area (Å²) >= 11 is 12.0. The van der Waals surface area contributed by atoms with E-state index in [1.54, 1.807) is 31.5 Å². The summed E-state index contributed by atoms with van der Waals surface area (Å²) in [4.78, 5) is 6.41. The third-order valence-corrected chi connectivity index (χ3v) is 7.16. The van der Waals surface area contributed by atoms with Gasteiger partial charge in [0.25, 0.3) is 0 Å². The number of hydrogen-bond acceptors (Lipinski definition) is 6. The first-order valence-electron chi connectivity index (χ1n) is 12.2. The molecule has 0 radical (unpaired) electrons. The summed E-state index contributed by atoms with van der Waals surface area (Å²) in [7, 11) is 1.66. The quantitative estimate of drug-likeness (QED) is 0.330. The number of rotatable bonds is 11. The minimum Gasteiger partial charge on any atom is -0.493 e. The molecule has 0 saturated carbocycles. The van der Waals surface area contributed by atoms with Crippen molar-refractivity contribution in [2.75, 3.05) is 33.4 Å². The first-order chi connectivity index (χ1) is 17.4. The predicted molar refractivity (Wildman–Crippen MR) is 141 cm³/mol. The normalized spacial score (nSPS) is 18.6. The van der Waals surface area contributed by atoms with Crippen molar-refractivity contribution in [2.45, 2.75) is 44.4 Å². The molecule has 1 fully saturated rings. The molecule has 1 aliphatic heterocycles. The fourth-order valence-corrected chi connectivity index (χ4v) is 4.65. The van der Waals surface area contributed by atoms with E-state index >= 15 is 0 Å². The number of halogens is 2. The molecule has 36 heavy (non-hydrogen) atoms. The van der Waals surface area contributed by atoms with Crippen LogP contribution in [0.25, 0.3) is 0 Å². The molecule has 0 unspecified atom stereocenters. The van der Waals surface area contributed by atoms with Crippen LogP contribution >= 0.6 is 23.2 Å². The number of aliphatic hydroxyl groups is 1. The second-order valence-corrected chi connectivity index (χ2v) is 10.0. The van der Waals surface area contributed by atoms with Crippen LogP contribution in [0.5, 0.6) is 17.2 Å². The summed E-state index contributed by atoms with van der Waals surface area (Å²) in [6.45, 7) is 4.14. The van der Waals surface area contributed by atoms with E-state index in [1.807, 2.05) is 29.2 Å². The van der Waals surface area contributed by atoms with Gasteiger partial charge in [-0.1, -0.05) is 29.3 Å². The fraction of sp³-hybridized carbons (Fsp3) is 0.444. The van der Waals surface area contributed by atoms with Crippen LogP contribution < -0.4 is 14.2 Å². The van der Waals surface area contributed by atoms with Gasteiger partial charge in [-0.25, -0.2) is 4.98 Å². The Morgan fingerprint density at radius 2 is 1.92 bits per heavy atom. The fourth-order valence-electron chi connectivity index (χ4n) is 4.36. The zero-order chi connectivity index (χ0) is 25.4. The van der Waals surface area contributed by atoms with Crippen molar-refractivity contribution < 1.29 is 19.3 Å². The van der Waals surface area contributed by atoms with Gasteiger partial charge in [0.15, 0.2) is 11.5 Å². The highest BCUT2D eigenvalue weighted by Crippen LogP contribution is 2.31. The van der Waals surface area contributed by atoms with Gasteiger partial charge in [-0.15, -0.1) is 0 Å². The van der Waals surface area contributed by atoms with Gasteiger partial charge in [-0.3, -0.25) is 4.90 Å². The number of hydrogen-bond donors (Lipinski definition) is 1. The van der Waals surface area contributed by atoms with Gasteiger partial charge in [0.2, 0.25) is 0 Å². The van der Waals surface area contributed by atoms with Crippen LogP contribution in [0.15, 0.2) is 55.1 Å². The van der Waals surface area contributed by atoms with E-state index in [0.717, 1.165) is 56.1 Å². The average Bonchev–Trinajstić information content (AvgIpc) is 3.33. The van der Waals surface area contributed by atoms with E-state index < -0.39 is 5.60 Å². The van der Waals surface area contributed by atoms with Crippen LogP contribution in [-0.2, 0) is 13.1 Å². The van der Waals surface area contributed by atoms with Crippen LogP contribution in [0.1, 0.15) is 31.2 Å². The third-order valence-electron chi connectivity index (χ3n) is 6.42. The van der Waals surface area contributed by atoms with Crippen molar-refractivity contribution in [1.82, 2.24) is 14.5 Å². The SMILES string of the molecule is COc1cc(CN2CCC[C@](O)(COc3ccc(Cl)c(Cl)c3)CC2)ccc1OCCCn1ccnc1. The van der Waals surface area contributed by atoms with Gasteiger partial charge in [-0.2, -0.15) is 0 Å². The Hall–Kier alpha value is -2.45. The second kappa shape index (κ2) is 12.7. The first-order valence-corrected chi connectivity index (χ1v) is 13.0. The van der Waals surface area contributed by atoms with E-state index in [2.05, 4.69) is 16.0 Å². The lowest BCUT2D eigenvalue weighted by Crippen LogP contribution is -2.37. The summed E-state index contributed by atoms with van der Waals surface area (Å²) < 4.78 is 19.4. The maximum Gasteiger partial charge on any atom is 0.161 e. The third kappa shape index (κ3) is 7.53. The molecule has 1 atom stereocenters. The van der Waals surface area contributed by atoms with Crippen LogP contribution in [0.2, 0.25) is 10.0 Å². The van der Waals surface area contributed by atoms with E-state index in [1.165, 1.54) is 0 Å². The lowest BCUT2D eigenvalue weighted by Gasteiger charge is -2.27. The molecule has 7 nitrogen and oxygen atoms in total. The standard InChI is InChI=1S/C27H33Cl2N3O4/c1-34-26-16-21(4-7-25(26)35-15-3-12-32-14-10-30-20-32)18-31-11-2-8-27(33,9-13-31)19-36-22-5-6-23(28)24(29)17-22/h4-7,10,14,16-17,20,33H,2-3,8-9,11-13,15,18-19H2,1H3/t27-/m1/s1. The molecule has 3 aromatic rings. The molecule has 0 amide bonds. The molecule has 0 spiro atoms. The van der Waals surface area contributed by atoms with Gasteiger partial charge in [0, 0.05) is 38.1 Å². The van der Waals surface area contributed by atoms with Crippen molar-refractivity contribution >= 4 is 23.2 Å². The Kier molecular flexibility index (Phi) is 9.37. The lowest BCUT2D eigenvalue weighted by molar-refractivity contribution is -0.0168. The number of methoxy groups -OCH3 is 1. The second-order valence-electron chi connectivity index (χ2n) is 9.21. The number of likely N-dealkylation sites (tertiary alicyclic amines) is 1. The maximum absolute atomic E-state index is 11.1. The number of imidazole rings is 1. The summed E-state index contributed by atoms with van der Waals surface area (Å²) in [6, 6.07) is 11.2. The van der Waals surface area contributed by atoms with Crippen LogP contribution in [0.4, 0.5) is 0 Å². The van der Waals surface area contributed by atoms with Crippen LogP contribution in [0, 0.1) is 0 Å². The van der Waals surface area contributed by atoms with E-state index in [0.29, 0.717) is 35.2 Å². The first kappa shape index (κ1) is 26.6. The highest BCUT2D eigenvalue weighted by atomic mass is 35.5. The minimum atomic E-state index is -0.882. The van der Waals surface area contributed by atoms with E-state index in [4.69, 9.17) is 37.4 Å². The van der Waals surface area contributed by atoms with Gasteiger partial charge in [0.05, 0.1) is 35.7 Å². The Morgan fingerprint density at radius 3 is 2.69 bits per heavy atom. The smallest absolute Gasteiger partial charge is 0.161 e. The number of benzene rings is 2. The van der Waals surface area contributed by atoms with Crippen LogP contribution in [-0.4, -0.2) is 58.6 Å². The number of nitrogens with zero attached hydrogens (tertiary/aromatic N) is 3. The van der Waals surface area contributed by atoms with Crippen molar-refractivity contribution in [3.8, 4) is 17.2 Å². The lowest BCUT2D eigenvalue weighted by atomic mass is 9.96. The molecular formula is C27H33Cl2N3O4. The Balaban J connectivity index is 1.26. The Bertz CT molecular complexity index is 1110. The summed E-state index contributed by atoms with van der Waals surface area (Å²) in [5, 5.41) is 12.1. The van der Waals surface area contributed by atoms with Gasteiger partial charge >= 0.3 is 0 Å². The molecule has 2 aromatic carbocycles. The van der Waals surface area contributed by atoms with Crippen molar-refractivity contribution in [2.24, 2.45) is 0 Å². The molecule has 9 heteroatoms. The zero-order valence-corrected chi connectivity index (χ0v) is 22.0. The predicted octanol–water partition coefficient (Wildman–Crippen LogP) is 5.46. The Labute approximate surface area is 222 Å². The summed E-state index contributed by atoms with van der Waals surface area (Å²) in [5.41, 5.74) is 0.266. The average molecular weight is 534 g/mol. The van der Waals surface area contributed by atoms with Gasteiger partial charge < -0.3 is 23.9 Å². The van der Waals surface area contributed by atoms with Crippen molar-refractivity contribution in [1.29, 1.82) is 0 Å². The Morgan fingerprint density at radius 1 is 1.03 bits per heavy atom. The topological polar surface area (TPSA) is 69.0 Å². The monoisotopic (exact) mass is 533 g/mol. The number of aryl methyl sites for hydroxylation is 1. The number of ether oxygens (including phenoxy) is 3. The molecule has 194 valence electrons. The maximum atomic E-state index is 11.1. The van der Waals surface area contributed by atoms with Crippen molar-refractivity contribution in [3.05, 3.63) is 70.7 Å². The zero-order valence-electron chi connectivity index (χ0n) is 20.5. The molecular weight excluding hydrogens is 501 g/mol. The highest BCUT2D eigenvalue weighted by Gasteiger charge is 2.31. The van der Waals surface area contributed by atoms with Crippen molar-refractivity contribution in [3.63, 3.8) is 0 Å². The molecule has 1 aromatic heterocycles. The largest absolute Gasteiger partial charge is 0.493 e. The van der Waals surface area contributed by atoms with Gasteiger partial charge in [0.1, 0.15) is 12.4 Å². The summed E-state index contributed by atoms with van der Waals surface area (Å²) in [5.74, 6) is 2.09. The molecule has 0 bridgehead atoms. The highest BCUT2D eigenvalue weighted by molar-refractivity contribution is 6.42.